The lowest BCUT2D eigenvalue weighted by Gasteiger charge is -2.25. The minimum absolute atomic E-state index is 0.169. The number of hydroxylamine groups is 2. The zero-order valence-corrected chi connectivity index (χ0v) is 12.1. The molecule has 104 valence electrons. The lowest BCUT2D eigenvalue weighted by molar-refractivity contribution is -0.119. The van der Waals surface area contributed by atoms with Gasteiger partial charge >= 0.3 is 5.97 Å². The molecule has 1 aromatic rings. The van der Waals surface area contributed by atoms with Crippen LogP contribution in [0.3, 0.4) is 0 Å². The molecule has 0 N–H and O–H groups in total. The Bertz CT molecular complexity index is 473. The maximum atomic E-state index is 12.2. The number of piperidine rings is 1. The fourth-order valence-electron chi connectivity index (χ4n) is 2.04. The molecule has 0 aliphatic carbocycles. The second-order valence-electron chi connectivity index (χ2n) is 4.31. The van der Waals surface area contributed by atoms with Crippen LogP contribution in [0.4, 0.5) is 0 Å². The topological polar surface area (TPSA) is 38.8 Å². The Morgan fingerprint density at radius 2 is 1.79 bits per heavy atom. The molecule has 6 heteroatoms. The van der Waals surface area contributed by atoms with Crippen molar-refractivity contribution in [1.82, 2.24) is 5.06 Å². The zero-order valence-electron chi connectivity index (χ0n) is 10.6. The third-order valence-electron chi connectivity index (χ3n) is 2.99. The van der Waals surface area contributed by atoms with Gasteiger partial charge in [-0.15, -0.1) is 5.06 Å². The van der Waals surface area contributed by atoms with E-state index in [1.807, 2.05) is 0 Å². The fourth-order valence-corrected chi connectivity index (χ4v) is 2.50. The summed E-state index contributed by atoms with van der Waals surface area (Å²) in [5.41, 5.74) is 0.169. The van der Waals surface area contributed by atoms with Gasteiger partial charge in [0.25, 0.3) is 0 Å². The molecule has 1 aliphatic heterocycles. The van der Waals surface area contributed by atoms with Crippen LogP contribution in [0.5, 0.6) is 5.75 Å². The molecule has 1 saturated heterocycles. The van der Waals surface area contributed by atoms with Crippen molar-refractivity contribution in [2.24, 2.45) is 0 Å². The first-order valence-electron chi connectivity index (χ1n) is 6.12. The Balaban J connectivity index is 2.20. The highest BCUT2D eigenvalue weighted by Gasteiger charge is 2.24. The highest BCUT2D eigenvalue weighted by molar-refractivity contribution is 6.37. The Labute approximate surface area is 122 Å². The minimum Gasteiger partial charge on any atom is -0.494 e. The number of hydrogen-bond acceptors (Lipinski definition) is 4. The number of halogens is 2. The van der Waals surface area contributed by atoms with E-state index in [1.165, 1.54) is 7.11 Å². The zero-order chi connectivity index (χ0) is 13.8. The molecule has 1 fully saturated rings. The molecule has 4 nitrogen and oxygen atoms in total. The predicted molar refractivity (Wildman–Crippen MR) is 73.9 cm³/mol. The van der Waals surface area contributed by atoms with E-state index in [1.54, 1.807) is 17.2 Å². The lowest BCUT2D eigenvalue weighted by atomic mass is 10.2. The van der Waals surface area contributed by atoms with Crippen molar-refractivity contribution in [3.63, 3.8) is 0 Å². The standard InChI is InChI=1S/C13H15Cl2NO3/c1-18-12-10(15)6-5-9(14)11(12)13(17)19-16-7-3-2-4-8-16/h5-6H,2-4,7-8H2,1H3. The number of nitrogens with zero attached hydrogens (tertiary/aromatic N) is 1. The molecule has 0 atom stereocenters. The number of ether oxygens (including phenoxy) is 1. The highest BCUT2D eigenvalue weighted by atomic mass is 35.5. The Morgan fingerprint density at radius 3 is 2.42 bits per heavy atom. The molecule has 2 rings (SSSR count). The average Bonchev–Trinajstić information content (AvgIpc) is 2.42. The van der Waals surface area contributed by atoms with Crippen LogP contribution in [0.1, 0.15) is 29.6 Å². The number of hydrogen-bond donors (Lipinski definition) is 0. The third kappa shape index (κ3) is 3.32. The van der Waals surface area contributed by atoms with E-state index in [-0.39, 0.29) is 16.3 Å². The number of carbonyl (C=O) groups is 1. The molecule has 0 unspecified atom stereocenters. The van der Waals surface area contributed by atoms with Crippen molar-refractivity contribution in [1.29, 1.82) is 0 Å². The SMILES string of the molecule is COc1c(Cl)ccc(Cl)c1C(=O)ON1CCCCC1. The van der Waals surface area contributed by atoms with Gasteiger partial charge in [-0.25, -0.2) is 4.79 Å². The van der Waals surface area contributed by atoms with Crippen LogP contribution in [0.25, 0.3) is 0 Å². The van der Waals surface area contributed by atoms with Crippen molar-refractivity contribution in [3.05, 3.63) is 27.7 Å². The Kier molecular flexibility index (Phi) is 4.91. The normalized spacial score (nSPS) is 16.2. The molecule has 0 aromatic heterocycles. The van der Waals surface area contributed by atoms with E-state index in [2.05, 4.69) is 0 Å². The molecule has 19 heavy (non-hydrogen) atoms. The maximum absolute atomic E-state index is 12.2. The van der Waals surface area contributed by atoms with E-state index in [9.17, 15) is 4.79 Å². The van der Waals surface area contributed by atoms with Crippen molar-refractivity contribution in [2.45, 2.75) is 19.3 Å². The maximum Gasteiger partial charge on any atom is 0.362 e. The second kappa shape index (κ2) is 6.46. The van der Waals surface area contributed by atoms with Gasteiger partial charge in [0.15, 0.2) is 5.75 Å². The van der Waals surface area contributed by atoms with Crippen LogP contribution < -0.4 is 4.74 Å². The van der Waals surface area contributed by atoms with Crippen molar-refractivity contribution in [3.8, 4) is 5.75 Å². The highest BCUT2D eigenvalue weighted by Crippen LogP contribution is 2.34. The summed E-state index contributed by atoms with van der Waals surface area (Å²) in [6.07, 6.45) is 3.21. The largest absolute Gasteiger partial charge is 0.494 e. The molecular formula is C13H15Cl2NO3. The summed E-state index contributed by atoms with van der Waals surface area (Å²) in [5, 5.41) is 2.25. The number of carbonyl (C=O) groups excluding carboxylic acids is 1. The van der Waals surface area contributed by atoms with Crippen LogP contribution in [0.2, 0.25) is 10.0 Å². The molecule has 1 heterocycles. The predicted octanol–water partition coefficient (Wildman–Crippen LogP) is 3.56. The first kappa shape index (κ1) is 14.4. The average molecular weight is 304 g/mol. The summed E-state index contributed by atoms with van der Waals surface area (Å²) in [6.45, 7) is 1.48. The van der Waals surface area contributed by atoms with Gasteiger partial charge in [-0.2, -0.15) is 0 Å². The van der Waals surface area contributed by atoms with Crippen LogP contribution in [0.15, 0.2) is 12.1 Å². The van der Waals surface area contributed by atoms with Crippen LogP contribution in [-0.2, 0) is 4.84 Å². The summed E-state index contributed by atoms with van der Waals surface area (Å²) in [6, 6.07) is 3.14. The molecule has 0 saturated carbocycles. The molecular weight excluding hydrogens is 289 g/mol. The van der Waals surface area contributed by atoms with E-state index < -0.39 is 5.97 Å². The Morgan fingerprint density at radius 1 is 1.16 bits per heavy atom. The molecule has 1 aromatic carbocycles. The van der Waals surface area contributed by atoms with Crippen molar-refractivity contribution in [2.75, 3.05) is 20.2 Å². The lowest BCUT2D eigenvalue weighted by Crippen LogP contribution is -2.32. The minimum atomic E-state index is -0.536. The van der Waals surface area contributed by atoms with Crippen molar-refractivity contribution < 1.29 is 14.4 Å². The van der Waals surface area contributed by atoms with Gasteiger partial charge in [0.2, 0.25) is 0 Å². The van der Waals surface area contributed by atoms with Gasteiger partial charge in [0.05, 0.1) is 17.2 Å². The summed E-state index contributed by atoms with van der Waals surface area (Å²) in [4.78, 5) is 17.5. The van der Waals surface area contributed by atoms with Crippen LogP contribution in [0, 0.1) is 0 Å². The van der Waals surface area contributed by atoms with Crippen LogP contribution >= 0.6 is 23.2 Å². The van der Waals surface area contributed by atoms with Gasteiger partial charge in [-0.1, -0.05) is 29.6 Å². The quantitative estimate of drug-likeness (QED) is 0.856. The molecule has 0 spiro atoms. The summed E-state index contributed by atoms with van der Waals surface area (Å²) in [7, 11) is 1.44. The van der Waals surface area contributed by atoms with Gasteiger partial charge < -0.3 is 9.57 Å². The first-order chi connectivity index (χ1) is 9.13. The third-order valence-corrected chi connectivity index (χ3v) is 3.61. The van der Waals surface area contributed by atoms with Gasteiger partial charge in [-0.05, 0) is 25.0 Å². The fraction of sp³-hybridized carbons (Fsp3) is 0.462. The first-order valence-corrected chi connectivity index (χ1v) is 6.88. The molecule has 0 amide bonds. The Hall–Kier alpha value is -0.970. The van der Waals surface area contributed by atoms with Gasteiger partial charge in [0, 0.05) is 13.1 Å². The van der Waals surface area contributed by atoms with Crippen molar-refractivity contribution >= 4 is 29.2 Å². The monoisotopic (exact) mass is 303 g/mol. The smallest absolute Gasteiger partial charge is 0.362 e. The van der Waals surface area contributed by atoms with E-state index in [4.69, 9.17) is 32.8 Å². The van der Waals surface area contributed by atoms with E-state index in [0.717, 1.165) is 32.4 Å². The van der Waals surface area contributed by atoms with Crippen LogP contribution in [-0.4, -0.2) is 31.2 Å². The molecule has 0 bridgehead atoms. The second-order valence-corrected chi connectivity index (χ2v) is 5.12. The molecule has 0 radical (unpaired) electrons. The van der Waals surface area contributed by atoms with Gasteiger partial charge in [0.1, 0.15) is 5.56 Å². The summed E-state index contributed by atoms with van der Waals surface area (Å²) in [5.74, 6) is -0.289. The number of rotatable bonds is 3. The number of benzene rings is 1. The molecule has 1 aliphatic rings. The summed E-state index contributed by atoms with van der Waals surface area (Å²) >= 11 is 12.0. The van der Waals surface area contributed by atoms with E-state index in [0.29, 0.717) is 5.02 Å². The van der Waals surface area contributed by atoms with Gasteiger partial charge in [-0.3, -0.25) is 0 Å². The van der Waals surface area contributed by atoms with E-state index >= 15 is 0 Å². The summed E-state index contributed by atoms with van der Waals surface area (Å²) < 4.78 is 5.13. The number of methoxy groups -OCH3 is 1.